The summed E-state index contributed by atoms with van der Waals surface area (Å²) in [4.78, 5) is 28.7. The molecule has 6 heteroatoms. The summed E-state index contributed by atoms with van der Waals surface area (Å²) in [6, 6.07) is 7.69. The van der Waals surface area contributed by atoms with Gasteiger partial charge in [0, 0.05) is 43.5 Å². The van der Waals surface area contributed by atoms with Crippen LogP contribution in [0.3, 0.4) is 0 Å². The summed E-state index contributed by atoms with van der Waals surface area (Å²) in [6.45, 7) is 3.27. The number of morpholine rings is 1. The van der Waals surface area contributed by atoms with Gasteiger partial charge in [-0.2, -0.15) is 0 Å². The molecule has 1 saturated heterocycles. The standard InChI is InChI=1S/C19H23N3O3/c1-21-15-3-2-4-16(23)17(15)18(20-19(21)24)13-5-7-14(8-6-13)22-9-11-25-12-10-22/h5-8,18H,2-4,9-12H2,1H3,(H,20,24). The molecule has 132 valence electrons. The summed E-state index contributed by atoms with van der Waals surface area (Å²) in [5.74, 6) is 0.148. The molecular weight excluding hydrogens is 318 g/mol. The highest BCUT2D eigenvalue weighted by molar-refractivity contribution is 6.00. The number of carbonyl (C=O) groups is 2. The van der Waals surface area contributed by atoms with E-state index < -0.39 is 0 Å². The van der Waals surface area contributed by atoms with Crippen LogP contribution < -0.4 is 10.2 Å². The molecule has 1 aliphatic carbocycles. The Labute approximate surface area is 147 Å². The Morgan fingerprint density at radius 2 is 1.80 bits per heavy atom. The predicted molar refractivity (Wildman–Crippen MR) is 94.4 cm³/mol. The molecule has 0 saturated carbocycles. The van der Waals surface area contributed by atoms with E-state index in [1.54, 1.807) is 11.9 Å². The number of nitrogens with one attached hydrogen (secondary N) is 1. The molecule has 0 radical (unpaired) electrons. The van der Waals surface area contributed by atoms with Crippen molar-refractivity contribution in [2.75, 3.05) is 38.3 Å². The van der Waals surface area contributed by atoms with Crippen molar-refractivity contribution in [1.29, 1.82) is 0 Å². The van der Waals surface area contributed by atoms with Gasteiger partial charge < -0.3 is 19.9 Å². The first-order valence-corrected chi connectivity index (χ1v) is 8.88. The van der Waals surface area contributed by atoms with Gasteiger partial charge in [0.1, 0.15) is 0 Å². The van der Waals surface area contributed by atoms with Crippen molar-refractivity contribution in [2.24, 2.45) is 0 Å². The molecule has 0 bridgehead atoms. The van der Waals surface area contributed by atoms with Gasteiger partial charge in [-0.25, -0.2) is 4.79 Å². The third-order valence-corrected chi connectivity index (χ3v) is 5.30. The van der Waals surface area contributed by atoms with Crippen molar-refractivity contribution in [1.82, 2.24) is 10.2 Å². The van der Waals surface area contributed by atoms with Gasteiger partial charge >= 0.3 is 6.03 Å². The highest BCUT2D eigenvalue weighted by atomic mass is 16.5. The summed E-state index contributed by atoms with van der Waals surface area (Å²) in [6.07, 6.45) is 2.16. The van der Waals surface area contributed by atoms with Crippen molar-refractivity contribution >= 4 is 17.5 Å². The van der Waals surface area contributed by atoms with Crippen LogP contribution in [0.15, 0.2) is 35.5 Å². The van der Waals surface area contributed by atoms with E-state index in [4.69, 9.17) is 4.74 Å². The van der Waals surface area contributed by atoms with E-state index in [2.05, 4.69) is 22.3 Å². The normalized spacial score (nSPS) is 24.3. The van der Waals surface area contributed by atoms with E-state index in [9.17, 15) is 9.59 Å². The fraction of sp³-hybridized carbons (Fsp3) is 0.474. The van der Waals surface area contributed by atoms with Gasteiger partial charge in [0.15, 0.2) is 5.78 Å². The number of nitrogens with zero attached hydrogens (tertiary/aromatic N) is 2. The molecular formula is C19H23N3O3. The van der Waals surface area contributed by atoms with Crippen molar-refractivity contribution in [3.63, 3.8) is 0 Å². The maximum absolute atomic E-state index is 12.5. The SMILES string of the molecule is CN1C(=O)NC(c2ccc(N3CCOCC3)cc2)C2=C1CCCC2=O. The molecule has 1 fully saturated rings. The Morgan fingerprint density at radius 1 is 1.08 bits per heavy atom. The van der Waals surface area contributed by atoms with Crippen molar-refractivity contribution in [2.45, 2.75) is 25.3 Å². The van der Waals surface area contributed by atoms with Gasteiger partial charge in [-0.15, -0.1) is 0 Å². The molecule has 2 amide bonds. The Morgan fingerprint density at radius 3 is 2.52 bits per heavy atom. The largest absolute Gasteiger partial charge is 0.378 e. The van der Waals surface area contributed by atoms with E-state index in [0.717, 1.165) is 61.7 Å². The molecule has 2 heterocycles. The van der Waals surface area contributed by atoms with Crippen LogP contribution in [0.4, 0.5) is 10.5 Å². The molecule has 1 aromatic rings. The Hall–Kier alpha value is -2.34. The molecule has 1 atom stereocenters. The first-order valence-electron chi connectivity index (χ1n) is 8.88. The first-order chi connectivity index (χ1) is 12.1. The van der Waals surface area contributed by atoms with Crippen LogP contribution >= 0.6 is 0 Å². The van der Waals surface area contributed by atoms with Gasteiger partial charge in [0.2, 0.25) is 0 Å². The van der Waals surface area contributed by atoms with Crippen molar-refractivity contribution in [3.05, 3.63) is 41.1 Å². The molecule has 2 aliphatic heterocycles. The number of ketones is 1. The molecule has 1 aromatic carbocycles. The molecule has 1 unspecified atom stereocenters. The molecule has 6 nitrogen and oxygen atoms in total. The quantitative estimate of drug-likeness (QED) is 0.896. The summed E-state index contributed by atoms with van der Waals surface area (Å²) >= 11 is 0. The van der Waals surface area contributed by atoms with E-state index in [0.29, 0.717) is 6.42 Å². The topological polar surface area (TPSA) is 61.9 Å². The minimum Gasteiger partial charge on any atom is -0.378 e. The van der Waals surface area contributed by atoms with Crippen LogP contribution in [0.5, 0.6) is 0 Å². The number of ether oxygens (including phenoxy) is 1. The number of anilines is 1. The first kappa shape index (κ1) is 16.1. The van der Waals surface area contributed by atoms with Gasteiger partial charge in [-0.3, -0.25) is 4.79 Å². The smallest absolute Gasteiger partial charge is 0.322 e. The Bertz CT molecular complexity index is 720. The lowest BCUT2D eigenvalue weighted by Gasteiger charge is -2.37. The third kappa shape index (κ3) is 2.91. The van der Waals surface area contributed by atoms with E-state index in [1.807, 2.05) is 12.1 Å². The molecule has 0 aromatic heterocycles. The number of rotatable bonds is 2. The summed E-state index contributed by atoms with van der Waals surface area (Å²) in [5, 5.41) is 2.99. The zero-order chi connectivity index (χ0) is 17.4. The highest BCUT2D eigenvalue weighted by Crippen LogP contribution is 2.37. The maximum Gasteiger partial charge on any atom is 0.322 e. The van der Waals surface area contributed by atoms with E-state index in [1.165, 1.54) is 0 Å². The van der Waals surface area contributed by atoms with Crippen LogP contribution in [-0.4, -0.2) is 50.1 Å². The number of carbonyl (C=O) groups excluding carboxylic acids is 2. The van der Waals surface area contributed by atoms with Crippen molar-refractivity contribution in [3.8, 4) is 0 Å². The van der Waals surface area contributed by atoms with Gasteiger partial charge in [0.25, 0.3) is 0 Å². The lowest BCUT2D eigenvalue weighted by Crippen LogP contribution is -2.47. The highest BCUT2D eigenvalue weighted by Gasteiger charge is 2.37. The van der Waals surface area contributed by atoms with E-state index >= 15 is 0 Å². The van der Waals surface area contributed by atoms with Crippen LogP contribution in [0, 0.1) is 0 Å². The minimum absolute atomic E-state index is 0.143. The lowest BCUT2D eigenvalue weighted by molar-refractivity contribution is -0.116. The summed E-state index contributed by atoms with van der Waals surface area (Å²) in [5.41, 5.74) is 3.74. The Kier molecular flexibility index (Phi) is 4.21. The number of hydrogen-bond acceptors (Lipinski definition) is 4. The number of allylic oxidation sites excluding steroid dienone is 1. The average molecular weight is 341 g/mol. The fourth-order valence-corrected chi connectivity index (χ4v) is 3.89. The van der Waals surface area contributed by atoms with Gasteiger partial charge in [-0.1, -0.05) is 12.1 Å². The molecule has 25 heavy (non-hydrogen) atoms. The summed E-state index contributed by atoms with van der Waals surface area (Å²) < 4.78 is 5.40. The van der Waals surface area contributed by atoms with Crippen LogP contribution in [-0.2, 0) is 9.53 Å². The zero-order valence-corrected chi connectivity index (χ0v) is 14.5. The van der Waals surface area contributed by atoms with Gasteiger partial charge in [0.05, 0.1) is 19.3 Å². The zero-order valence-electron chi connectivity index (χ0n) is 14.5. The number of amides is 2. The van der Waals surface area contributed by atoms with Crippen LogP contribution in [0.1, 0.15) is 30.9 Å². The fourth-order valence-electron chi connectivity index (χ4n) is 3.89. The van der Waals surface area contributed by atoms with Crippen LogP contribution in [0.25, 0.3) is 0 Å². The lowest BCUT2D eigenvalue weighted by atomic mass is 9.85. The molecule has 4 rings (SSSR count). The molecule has 1 N–H and O–H groups in total. The maximum atomic E-state index is 12.5. The number of hydrogen-bond donors (Lipinski definition) is 1. The minimum atomic E-state index is -0.342. The molecule has 0 spiro atoms. The Balaban J connectivity index is 1.64. The average Bonchev–Trinajstić information content (AvgIpc) is 2.66. The number of benzene rings is 1. The van der Waals surface area contributed by atoms with Gasteiger partial charge in [-0.05, 0) is 30.5 Å². The number of urea groups is 1. The predicted octanol–water partition coefficient (Wildman–Crippen LogP) is 2.23. The number of Topliss-reactive ketones (excluding diaryl/α,β-unsaturated/α-hetero) is 1. The third-order valence-electron chi connectivity index (χ3n) is 5.30. The molecule has 3 aliphatic rings. The second-order valence-electron chi connectivity index (χ2n) is 6.77. The van der Waals surface area contributed by atoms with Crippen molar-refractivity contribution < 1.29 is 14.3 Å². The monoisotopic (exact) mass is 341 g/mol. The second-order valence-corrected chi connectivity index (χ2v) is 6.77. The van der Waals surface area contributed by atoms with E-state index in [-0.39, 0.29) is 17.9 Å². The van der Waals surface area contributed by atoms with Crippen LogP contribution in [0.2, 0.25) is 0 Å². The summed E-state index contributed by atoms with van der Waals surface area (Å²) in [7, 11) is 1.74. The second kappa shape index (κ2) is 6.52.